The van der Waals surface area contributed by atoms with Gasteiger partial charge in [0.25, 0.3) is 5.91 Å². The van der Waals surface area contributed by atoms with E-state index in [1.54, 1.807) is 0 Å². The fourth-order valence-electron chi connectivity index (χ4n) is 1.17. The Labute approximate surface area is 77.0 Å². The van der Waals surface area contributed by atoms with Crippen molar-refractivity contribution in [3.63, 3.8) is 0 Å². The summed E-state index contributed by atoms with van der Waals surface area (Å²) in [5.41, 5.74) is 0. The van der Waals surface area contributed by atoms with E-state index in [1.807, 2.05) is 7.05 Å². The van der Waals surface area contributed by atoms with E-state index in [0.29, 0.717) is 6.54 Å². The summed E-state index contributed by atoms with van der Waals surface area (Å²) in [6.45, 7) is 1.47. The van der Waals surface area contributed by atoms with Gasteiger partial charge in [0.15, 0.2) is 6.61 Å². The average molecular weight is 186 g/mol. The van der Waals surface area contributed by atoms with E-state index < -0.39 is 0 Å². The van der Waals surface area contributed by atoms with Gasteiger partial charge in [-0.05, 0) is 20.0 Å². The molecule has 0 aromatic rings. The van der Waals surface area contributed by atoms with Crippen molar-refractivity contribution in [3.05, 3.63) is 0 Å². The summed E-state index contributed by atoms with van der Waals surface area (Å²) in [6.07, 6.45) is 0.857. The van der Waals surface area contributed by atoms with Crippen molar-refractivity contribution in [2.24, 2.45) is 0 Å². The minimum absolute atomic E-state index is 0.0988. The molecule has 5 nitrogen and oxygen atoms in total. The highest BCUT2D eigenvalue weighted by Gasteiger charge is 2.23. The number of carbonyl (C=O) groups excluding carboxylic acids is 2. The topological polar surface area (TPSA) is 58.6 Å². The van der Waals surface area contributed by atoms with Crippen molar-refractivity contribution in [3.8, 4) is 0 Å². The molecule has 13 heavy (non-hydrogen) atoms. The number of carbonyl (C=O) groups is 2. The minimum Gasteiger partial charge on any atom is -0.454 e. The molecule has 1 N–H and O–H groups in total. The molecule has 1 rings (SSSR count). The molecule has 1 aliphatic heterocycles. The standard InChI is InChI=1S/C8H14N2O3/c1-9-3-2-4-10-5-8(12)13-6-7(10)11/h9H,2-6H2,1H3. The first-order chi connectivity index (χ1) is 6.24. The second kappa shape index (κ2) is 4.81. The van der Waals surface area contributed by atoms with Gasteiger partial charge in [0.1, 0.15) is 6.54 Å². The third kappa shape index (κ3) is 3.02. The normalized spacial score (nSPS) is 17.5. The molecule has 0 aromatic carbocycles. The quantitative estimate of drug-likeness (QED) is 0.451. The molecule has 0 atom stereocenters. The Hall–Kier alpha value is -1.10. The Kier molecular flexibility index (Phi) is 3.70. The zero-order valence-corrected chi connectivity index (χ0v) is 7.71. The molecule has 0 aromatic heterocycles. The summed E-state index contributed by atoms with van der Waals surface area (Å²) < 4.78 is 4.58. The number of ether oxygens (including phenoxy) is 1. The Morgan fingerprint density at radius 2 is 2.31 bits per heavy atom. The maximum atomic E-state index is 11.2. The number of rotatable bonds is 4. The van der Waals surface area contributed by atoms with Crippen molar-refractivity contribution < 1.29 is 14.3 Å². The molecule has 0 radical (unpaired) electrons. The molecule has 1 fully saturated rings. The van der Waals surface area contributed by atoms with Crippen molar-refractivity contribution in [2.75, 3.05) is 33.3 Å². The van der Waals surface area contributed by atoms with Crippen molar-refractivity contribution in [1.29, 1.82) is 0 Å². The first-order valence-electron chi connectivity index (χ1n) is 4.32. The first-order valence-corrected chi connectivity index (χ1v) is 4.32. The summed E-state index contributed by atoms with van der Waals surface area (Å²) in [5.74, 6) is -0.417. The molecule has 0 saturated carbocycles. The molecule has 0 bridgehead atoms. The SMILES string of the molecule is CNCCCN1CC(=O)OCC1=O. The first kappa shape index (κ1) is 9.98. The summed E-state index contributed by atoms with van der Waals surface area (Å²) >= 11 is 0. The lowest BCUT2D eigenvalue weighted by molar-refractivity contribution is -0.162. The molecule has 5 heteroatoms. The van der Waals surface area contributed by atoms with Crippen molar-refractivity contribution >= 4 is 11.9 Å². The predicted octanol–water partition coefficient (Wildman–Crippen LogP) is -1.02. The van der Waals surface area contributed by atoms with E-state index in [2.05, 4.69) is 10.1 Å². The summed E-state index contributed by atoms with van der Waals surface area (Å²) in [7, 11) is 1.85. The highest BCUT2D eigenvalue weighted by atomic mass is 16.5. The molecule has 0 aliphatic carbocycles. The van der Waals surface area contributed by atoms with Crippen LogP contribution < -0.4 is 5.32 Å². The molecule has 1 saturated heterocycles. The number of amides is 1. The third-order valence-electron chi connectivity index (χ3n) is 1.88. The largest absolute Gasteiger partial charge is 0.454 e. The van der Waals surface area contributed by atoms with Gasteiger partial charge in [-0.25, -0.2) is 0 Å². The molecular formula is C8H14N2O3. The Balaban J connectivity index is 2.29. The van der Waals surface area contributed by atoms with Gasteiger partial charge in [-0.15, -0.1) is 0 Å². The van der Waals surface area contributed by atoms with Crippen LogP contribution in [0.15, 0.2) is 0 Å². The number of hydrogen-bond donors (Lipinski definition) is 1. The van der Waals surface area contributed by atoms with Gasteiger partial charge in [0, 0.05) is 6.54 Å². The zero-order valence-electron chi connectivity index (χ0n) is 7.71. The number of esters is 1. The van der Waals surface area contributed by atoms with Crippen molar-refractivity contribution in [1.82, 2.24) is 10.2 Å². The van der Waals surface area contributed by atoms with Crippen LogP contribution in [0.25, 0.3) is 0 Å². The molecular weight excluding hydrogens is 172 g/mol. The minimum atomic E-state index is -0.316. The van der Waals surface area contributed by atoms with Crippen LogP contribution in [0.5, 0.6) is 0 Å². The Morgan fingerprint density at radius 3 is 3.00 bits per heavy atom. The van der Waals surface area contributed by atoms with Gasteiger partial charge < -0.3 is 15.0 Å². The maximum absolute atomic E-state index is 11.2. The van der Waals surface area contributed by atoms with Crippen LogP contribution in [0.3, 0.4) is 0 Å². The number of hydrogen-bond acceptors (Lipinski definition) is 4. The lowest BCUT2D eigenvalue weighted by atomic mass is 10.3. The smallest absolute Gasteiger partial charge is 0.326 e. The lowest BCUT2D eigenvalue weighted by Crippen LogP contribution is -2.45. The van der Waals surface area contributed by atoms with Crippen LogP contribution in [0.1, 0.15) is 6.42 Å². The Morgan fingerprint density at radius 1 is 1.54 bits per heavy atom. The fraction of sp³-hybridized carbons (Fsp3) is 0.750. The average Bonchev–Trinajstić information content (AvgIpc) is 2.11. The van der Waals surface area contributed by atoms with E-state index in [4.69, 9.17) is 0 Å². The molecule has 1 aliphatic rings. The van der Waals surface area contributed by atoms with Crippen LogP contribution in [0.4, 0.5) is 0 Å². The fourth-order valence-corrected chi connectivity index (χ4v) is 1.17. The monoisotopic (exact) mass is 186 g/mol. The van der Waals surface area contributed by atoms with Crippen molar-refractivity contribution in [2.45, 2.75) is 6.42 Å². The molecule has 0 spiro atoms. The number of cyclic esters (lactones) is 1. The maximum Gasteiger partial charge on any atom is 0.326 e. The second-order valence-electron chi connectivity index (χ2n) is 2.93. The van der Waals surface area contributed by atoms with Gasteiger partial charge in [-0.2, -0.15) is 0 Å². The van der Waals surface area contributed by atoms with E-state index in [9.17, 15) is 9.59 Å². The van der Waals surface area contributed by atoms with Crippen LogP contribution in [0, 0.1) is 0 Å². The predicted molar refractivity (Wildman–Crippen MR) is 46.1 cm³/mol. The van der Waals surface area contributed by atoms with Gasteiger partial charge >= 0.3 is 5.97 Å². The Bertz CT molecular complexity index is 206. The highest BCUT2D eigenvalue weighted by molar-refractivity contribution is 5.87. The van der Waals surface area contributed by atoms with Gasteiger partial charge in [0.05, 0.1) is 0 Å². The summed E-state index contributed by atoms with van der Waals surface area (Å²) in [6, 6.07) is 0. The van der Waals surface area contributed by atoms with Crippen LogP contribution in [-0.4, -0.2) is 50.1 Å². The second-order valence-corrected chi connectivity index (χ2v) is 2.93. The number of nitrogens with one attached hydrogen (secondary N) is 1. The summed E-state index contributed by atoms with van der Waals surface area (Å²) in [4.78, 5) is 23.5. The highest BCUT2D eigenvalue weighted by Crippen LogP contribution is 2.00. The molecule has 74 valence electrons. The molecule has 0 unspecified atom stereocenters. The van der Waals surface area contributed by atoms with E-state index in [-0.39, 0.29) is 25.0 Å². The van der Waals surface area contributed by atoms with E-state index >= 15 is 0 Å². The third-order valence-corrected chi connectivity index (χ3v) is 1.88. The van der Waals surface area contributed by atoms with Gasteiger partial charge in [-0.3, -0.25) is 9.59 Å². The van der Waals surface area contributed by atoms with Crippen LogP contribution in [-0.2, 0) is 14.3 Å². The lowest BCUT2D eigenvalue weighted by Gasteiger charge is -2.25. The van der Waals surface area contributed by atoms with Gasteiger partial charge in [-0.1, -0.05) is 0 Å². The summed E-state index contributed by atoms with van der Waals surface area (Å²) in [5, 5.41) is 2.98. The van der Waals surface area contributed by atoms with E-state index in [0.717, 1.165) is 13.0 Å². The number of nitrogens with zero attached hydrogens (tertiary/aromatic N) is 1. The molecule has 1 heterocycles. The van der Waals surface area contributed by atoms with E-state index in [1.165, 1.54) is 4.90 Å². The van der Waals surface area contributed by atoms with Crippen LogP contribution >= 0.6 is 0 Å². The molecule has 1 amide bonds. The number of morpholine rings is 1. The van der Waals surface area contributed by atoms with Gasteiger partial charge in [0.2, 0.25) is 0 Å². The zero-order chi connectivity index (χ0) is 9.68. The van der Waals surface area contributed by atoms with Crippen LogP contribution in [0.2, 0.25) is 0 Å².